The summed E-state index contributed by atoms with van der Waals surface area (Å²) in [7, 11) is 1.55. The second-order valence-electron chi connectivity index (χ2n) is 7.29. The smallest absolute Gasteiger partial charge is 0.232 e. The van der Waals surface area contributed by atoms with Crippen molar-refractivity contribution in [3.63, 3.8) is 0 Å². The zero-order valence-electron chi connectivity index (χ0n) is 16.8. The number of thiazole rings is 1. The predicted molar refractivity (Wildman–Crippen MR) is 115 cm³/mol. The van der Waals surface area contributed by atoms with Crippen LogP contribution in [0.1, 0.15) is 24.2 Å². The first-order valence-electron chi connectivity index (χ1n) is 9.54. The molecule has 2 aromatic heterocycles. The first-order valence-corrected chi connectivity index (χ1v) is 10.4. The number of aromatic nitrogens is 3. The molecule has 0 saturated carbocycles. The van der Waals surface area contributed by atoms with Crippen molar-refractivity contribution in [3.05, 3.63) is 42.4 Å². The SMILES string of the molecule is [CH2]C1COc2c(cc(C)c3nc(-c4cc(C(C)O)cc5nc(OC)cnc45)sc23)O1. The molecule has 0 aliphatic carbocycles. The van der Waals surface area contributed by atoms with Crippen molar-refractivity contribution in [1.82, 2.24) is 15.0 Å². The molecule has 0 saturated heterocycles. The molecule has 2 unspecified atom stereocenters. The van der Waals surface area contributed by atoms with Crippen LogP contribution in [0.5, 0.6) is 17.4 Å². The molecule has 153 valence electrons. The Morgan fingerprint density at radius 3 is 2.87 bits per heavy atom. The molecule has 4 aromatic rings. The minimum absolute atomic E-state index is 0.237. The van der Waals surface area contributed by atoms with Crippen LogP contribution in [0.4, 0.5) is 0 Å². The summed E-state index contributed by atoms with van der Waals surface area (Å²) < 4.78 is 17.9. The lowest BCUT2D eigenvalue weighted by atomic mass is 10.0. The lowest BCUT2D eigenvalue weighted by Crippen LogP contribution is -2.26. The van der Waals surface area contributed by atoms with Crippen LogP contribution >= 0.6 is 11.3 Å². The molecule has 3 heterocycles. The van der Waals surface area contributed by atoms with Crippen LogP contribution < -0.4 is 14.2 Å². The van der Waals surface area contributed by atoms with E-state index in [4.69, 9.17) is 19.2 Å². The highest BCUT2D eigenvalue weighted by Gasteiger charge is 2.25. The lowest BCUT2D eigenvalue weighted by molar-refractivity contribution is 0.123. The Labute approximate surface area is 177 Å². The van der Waals surface area contributed by atoms with E-state index >= 15 is 0 Å². The number of ether oxygens (including phenoxy) is 3. The molecule has 5 rings (SSSR count). The Bertz CT molecular complexity index is 1280. The normalized spacial score (nSPS) is 16.8. The minimum atomic E-state index is -0.657. The second-order valence-corrected chi connectivity index (χ2v) is 8.29. The Morgan fingerprint density at radius 1 is 1.27 bits per heavy atom. The largest absolute Gasteiger partial charge is 0.484 e. The monoisotopic (exact) mass is 422 g/mol. The van der Waals surface area contributed by atoms with Crippen molar-refractivity contribution in [1.29, 1.82) is 0 Å². The number of aryl methyl sites for hydroxylation is 1. The summed E-state index contributed by atoms with van der Waals surface area (Å²) in [5.41, 5.74) is 4.72. The van der Waals surface area contributed by atoms with Gasteiger partial charge in [-0.3, -0.25) is 0 Å². The number of benzene rings is 2. The van der Waals surface area contributed by atoms with E-state index in [9.17, 15) is 5.11 Å². The number of methoxy groups -OCH3 is 1. The number of fused-ring (bicyclic) bond motifs is 4. The highest BCUT2D eigenvalue weighted by atomic mass is 32.1. The average Bonchev–Trinajstić information content (AvgIpc) is 3.18. The van der Waals surface area contributed by atoms with Gasteiger partial charge in [0.15, 0.2) is 11.5 Å². The van der Waals surface area contributed by atoms with Crippen LogP contribution in [0, 0.1) is 13.8 Å². The minimum Gasteiger partial charge on any atom is -0.484 e. The van der Waals surface area contributed by atoms with Gasteiger partial charge in [-0.25, -0.2) is 15.0 Å². The third kappa shape index (κ3) is 3.03. The summed E-state index contributed by atoms with van der Waals surface area (Å²) in [4.78, 5) is 13.9. The molecular formula is C22H20N3O4S. The molecule has 1 aliphatic heterocycles. The summed E-state index contributed by atoms with van der Waals surface area (Å²) in [5, 5.41) is 11.0. The van der Waals surface area contributed by atoms with Crippen molar-refractivity contribution in [2.75, 3.05) is 13.7 Å². The molecular weight excluding hydrogens is 402 g/mol. The van der Waals surface area contributed by atoms with Crippen molar-refractivity contribution in [3.8, 4) is 28.0 Å². The fourth-order valence-corrected chi connectivity index (χ4v) is 4.70. The highest BCUT2D eigenvalue weighted by Crippen LogP contribution is 2.46. The van der Waals surface area contributed by atoms with E-state index in [0.29, 0.717) is 35.0 Å². The Morgan fingerprint density at radius 2 is 2.10 bits per heavy atom. The molecule has 1 N–H and O–H groups in total. The van der Waals surface area contributed by atoms with Gasteiger partial charge < -0.3 is 19.3 Å². The highest BCUT2D eigenvalue weighted by molar-refractivity contribution is 7.22. The van der Waals surface area contributed by atoms with E-state index in [1.807, 2.05) is 25.1 Å². The number of aliphatic hydroxyl groups is 1. The first-order chi connectivity index (χ1) is 14.4. The fraction of sp³-hybridized carbons (Fsp3) is 0.273. The fourth-order valence-electron chi connectivity index (χ4n) is 3.54. The van der Waals surface area contributed by atoms with Crippen LogP contribution in [0.25, 0.3) is 31.8 Å². The molecule has 2 aromatic carbocycles. The summed E-state index contributed by atoms with van der Waals surface area (Å²) in [6.45, 7) is 8.03. The van der Waals surface area contributed by atoms with Crippen LogP contribution in [-0.4, -0.2) is 39.9 Å². The topological polar surface area (TPSA) is 86.6 Å². The zero-order chi connectivity index (χ0) is 21.0. The molecule has 0 amide bonds. The van der Waals surface area contributed by atoms with Gasteiger partial charge >= 0.3 is 0 Å². The molecule has 2 atom stereocenters. The van der Waals surface area contributed by atoms with Gasteiger partial charge in [-0.1, -0.05) is 0 Å². The molecule has 0 fully saturated rings. The summed E-state index contributed by atoms with van der Waals surface area (Å²) >= 11 is 1.51. The van der Waals surface area contributed by atoms with E-state index in [-0.39, 0.29) is 6.10 Å². The predicted octanol–water partition coefficient (Wildman–Crippen LogP) is 4.25. The molecule has 7 nitrogen and oxygen atoms in total. The maximum atomic E-state index is 10.2. The average molecular weight is 422 g/mol. The van der Waals surface area contributed by atoms with E-state index in [2.05, 4.69) is 16.9 Å². The van der Waals surface area contributed by atoms with E-state index in [1.165, 1.54) is 11.3 Å². The van der Waals surface area contributed by atoms with Crippen LogP contribution in [0.2, 0.25) is 0 Å². The van der Waals surface area contributed by atoms with Gasteiger partial charge in [0.25, 0.3) is 0 Å². The van der Waals surface area contributed by atoms with Crippen molar-refractivity contribution in [2.24, 2.45) is 0 Å². The van der Waals surface area contributed by atoms with Crippen molar-refractivity contribution >= 4 is 32.6 Å². The van der Waals surface area contributed by atoms with Crippen LogP contribution in [0.3, 0.4) is 0 Å². The number of hydrogen-bond donors (Lipinski definition) is 1. The summed E-state index contributed by atoms with van der Waals surface area (Å²) in [6.07, 6.45) is 0.689. The number of rotatable bonds is 3. The Hall–Kier alpha value is -2.97. The Kier molecular flexibility index (Phi) is 4.48. The lowest BCUT2D eigenvalue weighted by Gasteiger charge is -2.24. The number of aliphatic hydroxyl groups excluding tert-OH is 1. The van der Waals surface area contributed by atoms with E-state index in [0.717, 1.165) is 31.9 Å². The third-order valence-corrected chi connectivity index (χ3v) is 6.14. The molecule has 30 heavy (non-hydrogen) atoms. The maximum absolute atomic E-state index is 10.2. The number of hydrogen-bond acceptors (Lipinski definition) is 8. The first kappa shape index (κ1) is 19.0. The molecule has 0 spiro atoms. The zero-order valence-corrected chi connectivity index (χ0v) is 17.6. The molecule has 0 bridgehead atoms. The van der Waals surface area contributed by atoms with Crippen LogP contribution in [-0.2, 0) is 0 Å². The van der Waals surface area contributed by atoms with Gasteiger partial charge in [-0.05, 0) is 50.1 Å². The third-order valence-electron chi connectivity index (χ3n) is 5.05. The maximum Gasteiger partial charge on any atom is 0.232 e. The second kappa shape index (κ2) is 7.07. The quantitative estimate of drug-likeness (QED) is 0.528. The molecule has 8 heteroatoms. The van der Waals surface area contributed by atoms with Crippen LogP contribution in [0.15, 0.2) is 24.4 Å². The summed E-state index contributed by atoms with van der Waals surface area (Å²) in [5.74, 6) is 1.80. The van der Waals surface area contributed by atoms with Gasteiger partial charge in [-0.2, -0.15) is 0 Å². The van der Waals surface area contributed by atoms with Crippen molar-refractivity contribution < 1.29 is 19.3 Å². The number of nitrogens with zero attached hydrogens (tertiary/aromatic N) is 3. The van der Waals surface area contributed by atoms with Gasteiger partial charge in [0.05, 0.1) is 36.0 Å². The van der Waals surface area contributed by atoms with Gasteiger partial charge in [-0.15, -0.1) is 11.3 Å². The summed E-state index contributed by atoms with van der Waals surface area (Å²) in [6, 6.07) is 5.68. The molecule has 1 radical (unpaired) electrons. The van der Waals surface area contributed by atoms with E-state index < -0.39 is 6.10 Å². The molecule has 1 aliphatic rings. The van der Waals surface area contributed by atoms with Gasteiger partial charge in [0.2, 0.25) is 5.88 Å². The van der Waals surface area contributed by atoms with Crippen molar-refractivity contribution in [2.45, 2.75) is 26.1 Å². The van der Waals surface area contributed by atoms with Gasteiger partial charge in [0, 0.05) is 5.56 Å². The Balaban J connectivity index is 1.76. The van der Waals surface area contributed by atoms with E-state index in [1.54, 1.807) is 20.2 Å². The standard InChI is InChI=1S/C22H20N3O4S/c1-10-5-16-20(28-9-11(2)29-16)21-18(10)25-22(30-21)14-6-13(12(3)26)7-15-19(14)23-8-17(24-15)27-4/h5-8,11-12,26H,2,9H2,1,3-4H3. The van der Waals surface area contributed by atoms with Gasteiger partial charge in [0.1, 0.15) is 22.4 Å².